The van der Waals surface area contributed by atoms with Crippen molar-refractivity contribution in [3.63, 3.8) is 0 Å². The molecule has 0 radical (unpaired) electrons. The fourth-order valence-electron chi connectivity index (χ4n) is 3.50. The van der Waals surface area contributed by atoms with Crippen LogP contribution in [0.15, 0.2) is 30.6 Å². The average molecular weight is 487 g/mol. The number of fused-ring (bicyclic) bond motifs is 2. The Balaban J connectivity index is 1.82. The van der Waals surface area contributed by atoms with E-state index >= 15 is 0 Å². The highest BCUT2D eigenvalue weighted by molar-refractivity contribution is 5.98. The molecule has 4 N–H and O–H groups in total. The number of carbonyl (C=O) groups is 4. The molecule has 2 atom stereocenters. The van der Waals surface area contributed by atoms with Gasteiger partial charge in [-0.15, -0.1) is 0 Å². The summed E-state index contributed by atoms with van der Waals surface area (Å²) in [5.74, 6) is -1.56. The Morgan fingerprint density at radius 1 is 1.23 bits per heavy atom. The largest absolute Gasteiger partial charge is 0.491 e. The van der Waals surface area contributed by atoms with E-state index < -0.39 is 35.8 Å². The number of hydrogen-bond donors (Lipinski definition) is 4. The fourth-order valence-corrected chi connectivity index (χ4v) is 3.50. The molecular weight excluding hydrogens is 456 g/mol. The van der Waals surface area contributed by atoms with Crippen molar-refractivity contribution in [2.24, 2.45) is 7.05 Å². The zero-order valence-electron chi connectivity index (χ0n) is 19.9. The van der Waals surface area contributed by atoms with Crippen molar-refractivity contribution in [1.82, 2.24) is 30.6 Å². The minimum absolute atomic E-state index is 0.00496. The maximum Gasteiger partial charge on any atom is 0.257 e. The molecule has 3 rings (SSSR count). The molecule has 1 aromatic heterocycles. The van der Waals surface area contributed by atoms with Crippen LogP contribution in [0.4, 0.5) is 0 Å². The van der Waals surface area contributed by atoms with Crippen molar-refractivity contribution in [2.45, 2.75) is 26.0 Å². The number of hydrogen-bond acceptors (Lipinski definition) is 7. The maximum absolute atomic E-state index is 12.9. The van der Waals surface area contributed by atoms with Gasteiger partial charge < -0.3 is 30.7 Å². The molecule has 1 aliphatic heterocycles. The first kappa shape index (κ1) is 25.7. The van der Waals surface area contributed by atoms with E-state index in [1.54, 1.807) is 19.2 Å². The van der Waals surface area contributed by atoms with Crippen molar-refractivity contribution < 1.29 is 29.0 Å². The number of carbonyl (C=O) groups excluding carboxylic acids is 4. The van der Waals surface area contributed by atoms with Gasteiger partial charge in [0.25, 0.3) is 11.8 Å². The van der Waals surface area contributed by atoms with Crippen LogP contribution in [0.25, 0.3) is 0 Å². The van der Waals surface area contributed by atoms with E-state index in [0.29, 0.717) is 11.3 Å². The number of nitrogens with zero attached hydrogens (tertiary/aromatic N) is 3. The molecule has 12 nitrogen and oxygen atoms in total. The summed E-state index contributed by atoms with van der Waals surface area (Å²) in [5.41, 5.74) is 1.33. The first-order chi connectivity index (χ1) is 16.7. The zero-order chi connectivity index (χ0) is 25.5. The van der Waals surface area contributed by atoms with E-state index in [-0.39, 0.29) is 38.3 Å². The van der Waals surface area contributed by atoms with Gasteiger partial charge in [0.05, 0.1) is 31.0 Å². The highest BCUT2D eigenvalue weighted by Crippen LogP contribution is 2.20. The van der Waals surface area contributed by atoms with Crippen LogP contribution in [0.2, 0.25) is 0 Å². The minimum atomic E-state index is -1.23. The van der Waals surface area contributed by atoms with Crippen LogP contribution >= 0.6 is 0 Å². The Morgan fingerprint density at radius 2 is 2.00 bits per heavy atom. The molecule has 0 unspecified atom stereocenters. The number of nitrogens with one attached hydrogen (secondary N) is 3. The monoisotopic (exact) mass is 486 g/mol. The second-order valence-corrected chi connectivity index (χ2v) is 8.29. The number of aliphatic hydroxyl groups is 1. The van der Waals surface area contributed by atoms with Crippen LogP contribution in [-0.4, -0.2) is 88.3 Å². The molecule has 4 amide bonds. The summed E-state index contributed by atoms with van der Waals surface area (Å²) in [4.78, 5) is 52.2. The molecule has 1 aliphatic rings. The van der Waals surface area contributed by atoms with Gasteiger partial charge in [0.2, 0.25) is 11.8 Å². The number of rotatable bonds is 2. The van der Waals surface area contributed by atoms with Crippen LogP contribution in [0.1, 0.15) is 33.2 Å². The lowest BCUT2D eigenvalue weighted by atomic mass is 10.1. The molecule has 12 heteroatoms. The van der Waals surface area contributed by atoms with Crippen LogP contribution in [0.3, 0.4) is 0 Å². The lowest BCUT2D eigenvalue weighted by Gasteiger charge is -2.24. The van der Waals surface area contributed by atoms with Crippen LogP contribution in [0, 0.1) is 6.92 Å². The van der Waals surface area contributed by atoms with Crippen LogP contribution < -0.4 is 20.7 Å². The summed E-state index contributed by atoms with van der Waals surface area (Å²) in [6.07, 6.45) is 1.75. The van der Waals surface area contributed by atoms with Gasteiger partial charge in [0.1, 0.15) is 18.4 Å². The summed E-state index contributed by atoms with van der Waals surface area (Å²) in [7, 11) is 1.67. The van der Waals surface area contributed by atoms with Crippen LogP contribution in [0.5, 0.6) is 5.75 Å². The maximum atomic E-state index is 12.9. The molecule has 0 saturated heterocycles. The number of aliphatic hydroxyl groups excluding tert-OH is 1. The Morgan fingerprint density at radius 3 is 2.69 bits per heavy atom. The second-order valence-electron chi connectivity index (χ2n) is 8.29. The molecular formula is C23H30N6O6. The van der Waals surface area contributed by atoms with Crippen LogP contribution in [-0.2, 0) is 16.6 Å². The summed E-state index contributed by atoms with van der Waals surface area (Å²) < 4.78 is 7.20. The lowest BCUT2D eigenvalue weighted by Crippen LogP contribution is -2.53. The molecule has 0 spiro atoms. The zero-order valence-corrected chi connectivity index (χ0v) is 19.9. The minimum Gasteiger partial charge on any atom is -0.491 e. The van der Waals surface area contributed by atoms with Crippen molar-refractivity contribution in [2.75, 3.05) is 32.8 Å². The van der Waals surface area contributed by atoms with E-state index in [1.807, 2.05) is 6.92 Å². The van der Waals surface area contributed by atoms with E-state index in [9.17, 15) is 24.3 Å². The SMILES string of the molecule is Cc1ccc2cc1OCCNC(=O)CN(C(=O)c1cnn(C)c1)CCNC(=O)[C@H]([C@@H](C)O)NC2=O. The third kappa shape index (κ3) is 6.79. The number of ether oxygens (including phenoxy) is 1. The van der Waals surface area contributed by atoms with Crippen molar-refractivity contribution >= 4 is 23.6 Å². The topological polar surface area (TPSA) is 155 Å². The van der Waals surface area contributed by atoms with Crippen molar-refractivity contribution in [3.8, 4) is 5.75 Å². The van der Waals surface area contributed by atoms with E-state index in [0.717, 1.165) is 5.56 Å². The van der Waals surface area contributed by atoms with Gasteiger partial charge in [0.15, 0.2) is 0 Å². The third-order valence-electron chi connectivity index (χ3n) is 5.44. The number of aryl methyl sites for hydroxylation is 2. The lowest BCUT2D eigenvalue weighted by molar-refractivity contribution is -0.125. The average Bonchev–Trinajstić information content (AvgIpc) is 3.25. The number of benzene rings is 1. The standard InChI is InChI=1S/C23H30N6O6/c1-14-4-5-16-10-18(14)35-9-7-24-19(31)13-29(23(34)17-11-26-28(3)12-17)8-6-25-22(33)20(15(2)30)27-21(16)32/h4-5,10-12,15,20,30H,6-9,13H2,1-3H3,(H,24,31)(H,25,33)(H,27,32)/t15-,20+/m1/s1. The molecule has 2 bridgehead atoms. The van der Waals surface area contributed by atoms with Gasteiger partial charge >= 0.3 is 0 Å². The normalized spacial score (nSPS) is 19.0. The molecule has 1 aromatic carbocycles. The summed E-state index contributed by atoms with van der Waals surface area (Å²) in [6, 6.07) is 3.60. The van der Waals surface area contributed by atoms with Gasteiger partial charge in [-0.05, 0) is 31.5 Å². The predicted molar refractivity (Wildman–Crippen MR) is 125 cm³/mol. The van der Waals surface area contributed by atoms with Gasteiger partial charge in [-0.1, -0.05) is 6.07 Å². The fraction of sp³-hybridized carbons (Fsp3) is 0.435. The number of amides is 4. The van der Waals surface area contributed by atoms with Gasteiger partial charge in [-0.3, -0.25) is 23.9 Å². The molecule has 188 valence electrons. The summed E-state index contributed by atoms with van der Waals surface area (Å²) in [6.45, 7) is 3.30. The molecule has 2 heterocycles. The van der Waals surface area contributed by atoms with Crippen molar-refractivity contribution in [1.29, 1.82) is 0 Å². The summed E-state index contributed by atoms with van der Waals surface area (Å²) in [5, 5.41) is 22.0. The third-order valence-corrected chi connectivity index (χ3v) is 5.44. The first-order valence-corrected chi connectivity index (χ1v) is 11.2. The molecule has 0 aliphatic carbocycles. The Bertz CT molecular complexity index is 1100. The van der Waals surface area contributed by atoms with Gasteiger partial charge in [0, 0.05) is 31.9 Å². The molecule has 0 fully saturated rings. The summed E-state index contributed by atoms with van der Waals surface area (Å²) >= 11 is 0. The molecule has 2 aromatic rings. The Hall–Kier alpha value is -3.93. The van der Waals surface area contributed by atoms with Gasteiger partial charge in [-0.25, -0.2) is 0 Å². The quantitative estimate of drug-likeness (QED) is 0.423. The highest BCUT2D eigenvalue weighted by Gasteiger charge is 2.27. The first-order valence-electron chi connectivity index (χ1n) is 11.2. The Kier molecular flexibility index (Phi) is 8.42. The molecule has 0 saturated carbocycles. The highest BCUT2D eigenvalue weighted by atomic mass is 16.5. The Labute approximate surface area is 202 Å². The van der Waals surface area contributed by atoms with E-state index in [1.165, 1.54) is 35.0 Å². The molecule has 35 heavy (non-hydrogen) atoms. The smallest absolute Gasteiger partial charge is 0.257 e. The van der Waals surface area contributed by atoms with E-state index in [4.69, 9.17) is 4.74 Å². The van der Waals surface area contributed by atoms with Crippen molar-refractivity contribution in [3.05, 3.63) is 47.3 Å². The predicted octanol–water partition coefficient (Wildman–Crippen LogP) is -1.03. The number of aromatic nitrogens is 2. The second kappa shape index (κ2) is 11.5. The van der Waals surface area contributed by atoms with Gasteiger partial charge in [-0.2, -0.15) is 5.10 Å². The van der Waals surface area contributed by atoms with E-state index in [2.05, 4.69) is 21.0 Å².